The van der Waals surface area contributed by atoms with Gasteiger partial charge in [-0.25, -0.2) is 4.79 Å². The number of unbranched alkanes of at least 4 members (excludes halogenated alkanes) is 27. The van der Waals surface area contributed by atoms with Crippen molar-refractivity contribution in [2.24, 2.45) is 5.73 Å². The molecule has 8 heteroatoms. The lowest BCUT2D eigenvalue weighted by Crippen LogP contribution is -2.29. The molecule has 8 nitrogen and oxygen atoms in total. The SMILES string of the molecule is CCCCCCCCCCCCOc1cc(C(=O)NCCN)cc(OCCCCCCCCCCCC)c1OCCCCCCCCCCCC.O=C(O)c1ccc2cc3ccccc3cc2c1. The zero-order valence-electron chi connectivity index (χ0n) is 43.2. The summed E-state index contributed by atoms with van der Waals surface area (Å²) in [4.78, 5) is 24.0. The number of ether oxygens (including phenoxy) is 3. The molecule has 380 valence electrons. The second-order valence-electron chi connectivity index (χ2n) is 19.0. The number of nitrogens with two attached hydrogens (primary N) is 1. The third-order valence-corrected chi connectivity index (χ3v) is 12.9. The number of carboxylic acid groups (broad SMARTS) is 1. The van der Waals surface area contributed by atoms with Crippen molar-refractivity contribution in [3.63, 3.8) is 0 Å². The van der Waals surface area contributed by atoms with Gasteiger partial charge in [0.05, 0.1) is 25.4 Å². The van der Waals surface area contributed by atoms with Gasteiger partial charge in [-0.2, -0.15) is 0 Å². The molecule has 0 aliphatic rings. The lowest BCUT2D eigenvalue weighted by atomic mass is 10.0. The average molecular weight is 939 g/mol. The van der Waals surface area contributed by atoms with Crippen LogP contribution in [0.4, 0.5) is 0 Å². The molecule has 0 bridgehead atoms. The van der Waals surface area contributed by atoms with Crippen molar-refractivity contribution >= 4 is 33.4 Å². The quantitative estimate of drug-likeness (QED) is 0.0300. The van der Waals surface area contributed by atoms with Crippen molar-refractivity contribution < 1.29 is 28.9 Å². The molecular formula is C60H94N2O6. The lowest BCUT2D eigenvalue weighted by Gasteiger charge is -2.19. The van der Waals surface area contributed by atoms with Gasteiger partial charge in [0, 0.05) is 18.7 Å². The maximum atomic E-state index is 13.1. The Bertz CT molecular complexity index is 1870. The Hall–Kier alpha value is -4.30. The van der Waals surface area contributed by atoms with Crippen LogP contribution in [0.15, 0.2) is 66.7 Å². The fourth-order valence-corrected chi connectivity index (χ4v) is 8.73. The topological polar surface area (TPSA) is 120 Å². The van der Waals surface area contributed by atoms with Crippen molar-refractivity contribution in [1.29, 1.82) is 0 Å². The summed E-state index contributed by atoms with van der Waals surface area (Å²) in [5, 5.41) is 16.2. The van der Waals surface area contributed by atoms with E-state index >= 15 is 0 Å². The first-order chi connectivity index (χ1) is 33.4. The van der Waals surface area contributed by atoms with Crippen LogP contribution < -0.4 is 25.3 Å². The number of amides is 1. The Morgan fingerprint density at radius 2 is 0.809 bits per heavy atom. The molecule has 0 fully saturated rings. The van der Waals surface area contributed by atoms with Crippen molar-refractivity contribution in [3.05, 3.63) is 77.9 Å². The Morgan fingerprint density at radius 1 is 0.441 bits per heavy atom. The first kappa shape index (κ1) is 58.0. The molecule has 4 N–H and O–H groups in total. The number of hydrogen-bond acceptors (Lipinski definition) is 6. The predicted molar refractivity (Wildman–Crippen MR) is 288 cm³/mol. The van der Waals surface area contributed by atoms with Gasteiger partial charge in [0.1, 0.15) is 0 Å². The van der Waals surface area contributed by atoms with Gasteiger partial charge in [-0.05, 0) is 77.2 Å². The number of benzene rings is 4. The van der Waals surface area contributed by atoms with Gasteiger partial charge in [0.15, 0.2) is 11.5 Å². The molecular weight excluding hydrogens is 845 g/mol. The molecule has 0 saturated carbocycles. The van der Waals surface area contributed by atoms with E-state index in [1.807, 2.05) is 42.5 Å². The van der Waals surface area contributed by atoms with Gasteiger partial charge < -0.3 is 30.4 Å². The van der Waals surface area contributed by atoms with Crippen LogP contribution >= 0.6 is 0 Å². The largest absolute Gasteiger partial charge is 0.490 e. The van der Waals surface area contributed by atoms with Crippen molar-refractivity contribution in [1.82, 2.24) is 5.32 Å². The Labute approximate surface area is 413 Å². The highest BCUT2D eigenvalue weighted by molar-refractivity contribution is 6.01. The number of fused-ring (bicyclic) bond motifs is 2. The Kier molecular flexibility index (Phi) is 32.9. The van der Waals surface area contributed by atoms with E-state index in [2.05, 4.69) is 38.2 Å². The number of carbonyl (C=O) groups excluding carboxylic acids is 1. The third-order valence-electron chi connectivity index (χ3n) is 12.9. The molecule has 0 saturated heterocycles. The molecule has 0 atom stereocenters. The molecule has 4 rings (SSSR count). The van der Waals surface area contributed by atoms with Crippen LogP contribution in [0.2, 0.25) is 0 Å². The molecule has 0 radical (unpaired) electrons. The van der Waals surface area contributed by atoms with E-state index in [1.54, 1.807) is 12.1 Å². The van der Waals surface area contributed by atoms with E-state index in [0.29, 0.717) is 61.3 Å². The van der Waals surface area contributed by atoms with E-state index in [0.717, 1.165) is 54.7 Å². The number of rotatable bonds is 40. The monoisotopic (exact) mass is 939 g/mol. The summed E-state index contributed by atoms with van der Waals surface area (Å²) in [6.45, 7) is 9.49. The van der Waals surface area contributed by atoms with E-state index in [4.69, 9.17) is 25.1 Å². The molecule has 0 unspecified atom stereocenters. The highest BCUT2D eigenvalue weighted by Crippen LogP contribution is 2.40. The lowest BCUT2D eigenvalue weighted by molar-refractivity contribution is 0.0696. The number of carbonyl (C=O) groups is 2. The highest BCUT2D eigenvalue weighted by Gasteiger charge is 2.19. The molecule has 4 aromatic carbocycles. The summed E-state index contributed by atoms with van der Waals surface area (Å²) in [7, 11) is 0. The third kappa shape index (κ3) is 25.3. The minimum atomic E-state index is -0.889. The second kappa shape index (κ2) is 38.5. The molecule has 1 amide bonds. The molecule has 0 aliphatic carbocycles. The molecule has 4 aromatic rings. The Balaban J connectivity index is 0.000000590. The van der Waals surface area contributed by atoms with E-state index < -0.39 is 5.97 Å². The van der Waals surface area contributed by atoms with Crippen LogP contribution in [-0.2, 0) is 0 Å². The summed E-state index contributed by atoms with van der Waals surface area (Å²) < 4.78 is 19.2. The smallest absolute Gasteiger partial charge is 0.335 e. The van der Waals surface area contributed by atoms with Gasteiger partial charge in [-0.3, -0.25) is 4.79 Å². The maximum absolute atomic E-state index is 13.1. The van der Waals surface area contributed by atoms with Gasteiger partial charge in [-0.15, -0.1) is 0 Å². The second-order valence-corrected chi connectivity index (χ2v) is 19.0. The standard InChI is InChI=1S/C45H84N2O4.C15H10O2/c1-4-7-10-13-16-19-22-25-28-31-36-49-42-39-41(45(48)47-35-34-46)40-43(50-37-32-29-26-23-20-17-14-11-8-5-2)44(42)51-38-33-30-27-24-21-18-15-12-9-6-3;16-15(17)13-6-5-12-7-10-3-1-2-4-11(10)8-14(12)9-13/h39-40H,4-38,46H2,1-3H3,(H,47,48);1-9H,(H,16,17). The number of carboxylic acids is 1. The van der Waals surface area contributed by atoms with E-state index in [1.165, 1.54) is 159 Å². The zero-order valence-corrected chi connectivity index (χ0v) is 43.2. The Morgan fingerprint density at radius 3 is 1.21 bits per heavy atom. The maximum Gasteiger partial charge on any atom is 0.335 e. The number of nitrogens with one attached hydrogen (secondary N) is 1. The number of aromatic carboxylic acids is 1. The molecule has 68 heavy (non-hydrogen) atoms. The minimum Gasteiger partial charge on any atom is -0.490 e. The van der Waals surface area contributed by atoms with Crippen LogP contribution in [0.25, 0.3) is 21.5 Å². The predicted octanol–water partition coefficient (Wildman–Crippen LogP) is 17.0. The van der Waals surface area contributed by atoms with Crippen LogP contribution in [0.1, 0.15) is 234 Å². The van der Waals surface area contributed by atoms with Gasteiger partial charge in [0.25, 0.3) is 5.91 Å². The van der Waals surface area contributed by atoms with Crippen molar-refractivity contribution in [2.75, 3.05) is 32.9 Å². The molecule has 0 heterocycles. The van der Waals surface area contributed by atoms with Crippen molar-refractivity contribution in [2.45, 2.75) is 213 Å². The van der Waals surface area contributed by atoms with E-state index in [9.17, 15) is 9.59 Å². The van der Waals surface area contributed by atoms with Crippen molar-refractivity contribution in [3.8, 4) is 17.2 Å². The van der Waals surface area contributed by atoms with Crippen LogP contribution in [0.3, 0.4) is 0 Å². The number of hydrogen-bond donors (Lipinski definition) is 3. The first-order valence-corrected chi connectivity index (χ1v) is 27.6. The van der Waals surface area contributed by atoms with Crippen LogP contribution in [0.5, 0.6) is 17.2 Å². The average Bonchev–Trinajstić information content (AvgIpc) is 3.35. The fraction of sp³-hybridized carbons (Fsp3) is 0.633. The molecule has 0 aromatic heterocycles. The minimum absolute atomic E-state index is 0.158. The van der Waals surface area contributed by atoms with Crippen LogP contribution in [-0.4, -0.2) is 49.9 Å². The molecule has 0 spiro atoms. The summed E-state index contributed by atoms with van der Waals surface area (Å²) >= 11 is 0. The normalized spacial score (nSPS) is 11.1. The first-order valence-electron chi connectivity index (χ1n) is 27.6. The van der Waals surface area contributed by atoms with Gasteiger partial charge >= 0.3 is 5.97 Å². The fourth-order valence-electron chi connectivity index (χ4n) is 8.73. The van der Waals surface area contributed by atoms with Gasteiger partial charge in [0.2, 0.25) is 5.75 Å². The molecule has 0 aliphatic heterocycles. The highest BCUT2D eigenvalue weighted by atomic mass is 16.5. The zero-order chi connectivity index (χ0) is 48.7. The summed E-state index contributed by atoms with van der Waals surface area (Å²) in [6, 6.07) is 21.0. The summed E-state index contributed by atoms with van der Waals surface area (Å²) in [5.74, 6) is 0.850. The van der Waals surface area contributed by atoms with Crippen LogP contribution in [0, 0.1) is 0 Å². The van der Waals surface area contributed by atoms with Gasteiger partial charge in [-0.1, -0.05) is 224 Å². The summed E-state index contributed by atoms with van der Waals surface area (Å²) in [6.07, 6.45) is 38.5. The van der Waals surface area contributed by atoms with E-state index in [-0.39, 0.29) is 5.91 Å². The summed E-state index contributed by atoms with van der Waals surface area (Å²) in [5.41, 5.74) is 6.55.